The number of ether oxygens (including phenoxy) is 2. The minimum absolute atomic E-state index is 0.0702. The van der Waals surface area contributed by atoms with Gasteiger partial charge < -0.3 is 20.1 Å². The van der Waals surface area contributed by atoms with E-state index in [1.807, 2.05) is 54.6 Å². The summed E-state index contributed by atoms with van der Waals surface area (Å²) < 4.78 is 10.6. The summed E-state index contributed by atoms with van der Waals surface area (Å²) in [6, 6.07) is 16.9. The standard InChI is InChI=1S/C18H22N2O3/c1-22-13-5-12-19-14-18(21)20-15-8-10-17(11-9-15)23-16-6-3-2-4-7-16/h2-4,6-11,19H,5,12-14H2,1H3,(H,20,21). The van der Waals surface area contributed by atoms with Gasteiger partial charge in [0.2, 0.25) is 5.91 Å². The number of anilines is 1. The van der Waals surface area contributed by atoms with Crippen LogP contribution < -0.4 is 15.4 Å². The van der Waals surface area contributed by atoms with E-state index >= 15 is 0 Å². The molecule has 0 bridgehead atoms. The Morgan fingerprint density at radius 1 is 1.00 bits per heavy atom. The van der Waals surface area contributed by atoms with Gasteiger partial charge in [-0.25, -0.2) is 0 Å². The molecule has 0 saturated heterocycles. The molecule has 0 aromatic heterocycles. The number of benzene rings is 2. The molecule has 0 spiro atoms. The molecular weight excluding hydrogens is 292 g/mol. The van der Waals surface area contributed by atoms with Crippen LogP contribution in [0.1, 0.15) is 6.42 Å². The molecule has 5 nitrogen and oxygen atoms in total. The van der Waals surface area contributed by atoms with Gasteiger partial charge in [0, 0.05) is 19.4 Å². The van der Waals surface area contributed by atoms with Gasteiger partial charge >= 0.3 is 0 Å². The van der Waals surface area contributed by atoms with Crippen molar-refractivity contribution >= 4 is 11.6 Å². The highest BCUT2D eigenvalue weighted by molar-refractivity contribution is 5.92. The van der Waals surface area contributed by atoms with Crippen molar-refractivity contribution < 1.29 is 14.3 Å². The van der Waals surface area contributed by atoms with Crippen molar-refractivity contribution in [2.45, 2.75) is 6.42 Å². The van der Waals surface area contributed by atoms with Crippen LogP contribution in [-0.4, -0.2) is 32.7 Å². The highest BCUT2D eigenvalue weighted by Gasteiger charge is 2.02. The number of hydrogen-bond acceptors (Lipinski definition) is 4. The Balaban J connectivity index is 1.75. The van der Waals surface area contributed by atoms with Crippen molar-refractivity contribution in [2.75, 3.05) is 32.1 Å². The summed E-state index contributed by atoms with van der Waals surface area (Å²) in [5, 5.41) is 5.90. The van der Waals surface area contributed by atoms with Gasteiger partial charge in [-0.05, 0) is 49.4 Å². The third kappa shape index (κ3) is 6.50. The normalized spacial score (nSPS) is 10.3. The van der Waals surface area contributed by atoms with Crippen LogP contribution in [0.4, 0.5) is 5.69 Å². The summed E-state index contributed by atoms with van der Waals surface area (Å²) in [7, 11) is 1.66. The molecule has 0 aliphatic heterocycles. The van der Waals surface area contributed by atoms with Gasteiger partial charge in [-0.2, -0.15) is 0 Å². The summed E-state index contributed by atoms with van der Waals surface area (Å²) in [5.74, 6) is 1.44. The molecule has 0 saturated carbocycles. The molecular formula is C18H22N2O3. The lowest BCUT2D eigenvalue weighted by atomic mass is 10.3. The Bertz CT molecular complexity index is 585. The van der Waals surface area contributed by atoms with Crippen LogP contribution in [0.2, 0.25) is 0 Å². The number of carbonyl (C=O) groups excluding carboxylic acids is 1. The first-order chi connectivity index (χ1) is 11.3. The molecule has 0 aliphatic rings. The van der Waals surface area contributed by atoms with Crippen LogP contribution in [0.5, 0.6) is 11.5 Å². The molecule has 0 aliphatic carbocycles. The zero-order chi connectivity index (χ0) is 16.3. The molecule has 0 unspecified atom stereocenters. The summed E-state index contributed by atoms with van der Waals surface area (Å²) in [6.45, 7) is 1.73. The predicted molar refractivity (Wildman–Crippen MR) is 91.0 cm³/mol. The monoisotopic (exact) mass is 314 g/mol. The van der Waals surface area contributed by atoms with Crippen molar-refractivity contribution in [1.29, 1.82) is 0 Å². The molecule has 2 rings (SSSR count). The van der Waals surface area contributed by atoms with Gasteiger partial charge in [-0.15, -0.1) is 0 Å². The highest BCUT2D eigenvalue weighted by Crippen LogP contribution is 2.22. The van der Waals surface area contributed by atoms with Crippen LogP contribution in [-0.2, 0) is 9.53 Å². The molecule has 2 N–H and O–H groups in total. The maximum atomic E-state index is 11.8. The third-order valence-electron chi connectivity index (χ3n) is 3.10. The lowest BCUT2D eigenvalue weighted by Crippen LogP contribution is -2.29. The van der Waals surface area contributed by atoms with E-state index in [-0.39, 0.29) is 12.5 Å². The predicted octanol–water partition coefficient (Wildman–Crippen LogP) is 3.04. The lowest BCUT2D eigenvalue weighted by molar-refractivity contribution is -0.115. The molecule has 0 atom stereocenters. The van der Waals surface area contributed by atoms with Gasteiger partial charge in [-0.3, -0.25) is 4.79 Å². The van der Waals surface area contributed by atoms with Crippen molar-refractivity contribution in [3.8, 4) is 11.5 Å². The number of hydrogen-bond donors (Lipinski definition) is 2. The van der Waals surface area contributed by atoms with Gasteiger partial charge in [0.25, 0.3) is 0 Å². The first kappa shape index (κ1) is 17.0. The number of rotatable bonds is 9. The van der Waals surface area contributed by atoms with Crippen molar-refractivity contribution in [1.82, 2.24) is 5.32 Å². The zero-order valence-electron chi connectivity index (χ0n) is 13.2. The van der Waals surface area contributed by atoms with E-state index in [1.165, 1.54) is 0 Å². The van der Waals surface area contributed by atoms with E-state index in [2.05, 4.69) is 10.6 Å². The smallest absolute Gasteiger partial charge is 0.238 e. The fourth-order valence-corrected chi connectivity index (χ4v) is 1.98. The zero-order valence-corrected chi connectivity index (χ0v) is 13.2. The van der Waals surface area contributed by atoms with Gasteiger partial charge in [0.15, 0.2) is 0 Å². The second-order valence-corrected chi connectivity index (χ2v) is 5.01. The molecule has 1 amide bonds. The van der Waals surface area contributed by atoms with Crippen LogP contribution in [0.15, 0.2) is 54.6 Å². The van der Waals surface area contributed by atoms with Crippen LogP contribution in [0.25, 0.3) is 0 Å². The van der Waals surface area contributed by atoms with E-state index in [4.69, 9.17) is 9.47 Å². The lowest BCUT2D eigenvalue weighted by Gasteiger charge is -2.08. The van der Waals surface area contributed by atoms with Gasteiger partial charge in [0.05, 0.1) is 6.54 Å². The molecule has 0 heterocycles. The molecule has 2 aromatic rings. The van der Waals surface area contributed by atoms with Gasteiger partial charge in [-0.1, -0.05) is 18.2 Å². The summed E-state index contributed by atoms with van der Waals surface area (Å²) in [6.07, 6.45) is 0.884. The number of para-hydroxylation sites is 1. The first-order valence-corrected chi connectivity index (χ1v) is 7.60. The largest absolute Gasteiger partial charge is 0.457 e. The Hall–Kier alpha value is -2.37. The van der Waals surface area contributed by atoms with E-state index in [0.717, 1.165) is 30.2 Å². The molecule has 0 radical (unpaired) electrons. The van der Waals surface area contributed by atoms with Crippen molar-refractivity contribution in [3.63, 3.8) is 0 Å². The number of methoxy groups -OCH3 is 1. The molecule has 2 aromatic carbocycles. The van der Waals surface area contributed by atoms with Crippen molar-refractivity contribution in [3.05, 3.63) is 54.6 Å². The van der Waals surface area contributed by atoms with E-state index in [1.54, 1.807) is 7.11 Å². The minimum Gasteiger partial charge on any atom is -0.457 e. The van der Waals surface area contributed by atoms with E-state index < -0.39 is 0 Å². The molecule has 23 heavy (non-hydrogen) atoms. The fourth-order valence-electron chi connectivity index (χ4n) is 1.98. The maximum absolute atomic E-state index is 11.8. The van der Waals surface area contributed by atoms with E-state index in [9.17, 15) is 4.79 Å². The van der Waals surface area contributed by atoms with E-state index in [0.29, 0.717) is 6.61 Å². The fraction of sp³-hybridized carbons (Fsp3) is 0.278. The number of nitrogens with one attached hydrogen (secondary N) is 2. The molecule has 0 fully saturated rings. The number of amides is 1. The Morgan fingerprint density at radius 3 is 2.39 bits per heavy atom. The SMILES string of the molecule is COCCCNCC(=O)Nc1ccc(Oc2ccccc2)cc1. The molecule has 122 valence electrons. The van der Waals surface area contributed by atoms with Crippen LogP contribution in [0, 0.1) is 0 Å². The third-order valence-corrected chi connectivity index (χ3v) is 3.10. The Kier molecular flexibility index (Phi) is 7.10. The van der Waals surface area contributed by atoms with Gasteiger partial charge in [0.1, 0.15) is 11.5 Å². The highest BCUT2D eigenvalue weighted by atomic mass is 16.5. The summed E-state index contributed by atoms with van der Waals surface area (Å²) in [5.41, 5.74) is 0.745. The Labute approximate surface area is 136 Å². The van der Waals surface area contributed by atoms with Crippen LogP contribution >= 0.6 is 0 Å². The first-order valence-electron chi connectivity index (χ1n) is 7.60. The second kappa shape index (κ2) is 9.61. The maximum Gasteiger partial charge on any atom is 0.238 e. The van der Waals surface area contributed by atoms with Crippen LogP contribution in [0.3, 0.4) is 0 Å². The topological polar surface area (TPSA) is 59.6 Å². The Morgan fingerprint density at radius 2 is 1.70 bits per heavy atom. The average Bonchev–Trinajstić information content (AvgIpc) is 2.57. The minimum atomic E-state index is -0.0702. The quantitative estimate of drug-likeness (QED) is 0.699. The summed E-state index contributed by atoms with van der Waals surface area (Å²) in [4.78, 5) is 11.8. The average molecular weight is 314 g/mol. The second-order valence-electron chi connectivity index (χ2n) is 5.01. The summed E-state index contributed by atoms with van der Waals surface area (Å²) >= 11 is 0. The van der Waals surface area contributed by atoms with Crippen molar-refractivity contribution in [2.24, 2.45) is 0 Å². The molecule has 5 heteroatoms. The number of carbonyl (C=O) groups is 1.